The fraction of sp³-hybridized carbons (Fsp3) is 1.00. The quantitative estimate of drug-likeness (QED) is 0.593. The minimum Gasteiger partial charge on any atom is -0.126 e. The molecule has 0 aliphatic rings. The van der Waals surface area contributed by atoms with Gasteiger partial charge in [0.1, 0.15) is 0 Å². The minimum absolute atomic E-state index is 0.527. The lowest BCUT2D eigenvalue weighted by Gasteiger charge is -1.98. The fourth-order valence-corrected chi connectivity index (χ4v) is 1.00. The average molecular weight is 185 g/mol. The van der Waals surface area contributed by atoms with Crippen molar-refractivity contribution >= 4 is 27.5 Å². The highest BCUT2D eigenvalue weighted by atomic mass is 79.9. The zero-order chi connectivity index (χ0) is 5.70. The molecule has 0 amide bonds. The molecule has 0 saturated carbocycles. The lowest BCUT2D eigenvalue weighted by molar-refractivity contribution is 0.801. The average Bonchev–Trinajstić information content (AvgIpc) is 1.68. The standard InChI is InChI=1S/C5H10BrCl/c1-2-3-5(6)4-7/h5H,2-4H2,1H3. The molecule has 0 aromatic rings. The Morgan fingerprint density at radius 1 is 1.71 bits per heavy atom. The van der Waals surface area contributed by atoms with Gasteiger partial charge in [0, 0.05) is 10.7 Å². The topological polar surface area (TPSA) is 0 Å². The molecule has 1 unspecified atom stereocenters. The molecule has 7 heavy (non-hydrogen) atoms. The van der Waals surface area contributed by atoms with E-state index < -0.39 is 0 Å². The van der Waals surface area contributed by atoms with Gasteiger partial charge in [0.15, 0.2) is 0 Å². The SMILES string of the molecule is CCCC(Br)CCl. The molecule has 0 aromatic carbocycles. The number of halogens is 2. The normalized spacial score (nSPS) is 14.1. The fourth-order valence-electron chi connectivity index (χ4n) is 0.390. The summed E-state index contributed by atoms with van der Waals surface area (Å²) in [6, 6.07) is 0. The summed E-state index contributed by atoms with van der Waals surface area (Å²) in [6.07, 6.45) is 2.39. The van der Waals surface area contributed by atoms with Crippen LogP contribution in [-0.2, 0) is 0 Å². The van der Waals surface area contributed by atoms with Gasteiger partial charge in [0.05, 0.1) is 0 Å². The zero-order valence-electron chi connectivity index (χ0n) is 4.45. The van der Waals surface area contributed by atoms with Gasteiger partial charge in [-0.3, -0.25) is 0 Å². The molecule has 0 heterocycles. The summed E-state index contributed by atoms with van der Waals surface area (Å²) >= 11 is 8.89. The van der Waals surface area contributed by atoms with Gasteiger partial charge in [-0.05, 0) is 6.42 Å². The van der Waals surface area contributed by atoms with Crippen molar-refractivity contribution in [1.82, 2.24) is 0 Å². The van der Waals surface area contributed by atoms with Crippen LogP contribution in [0.1, 0.15) is 19.8 Å². The van der Waals surface area contributed by atoms with Crippen molar-refractivity contribution in [1.29, 1.82) is 0 Å². The number of hydrogen-bond acceptors (Lipinski definition) is 0. The lowest BCUT2D eigenvalue weighted by atomic mass is 10.3. The smallest absolute Gasteiger partial charge is 0.0349 e. The van der Waals surface area contributed by atoms with Crippen LogP contribution in [0.15, 0.2) is 0 Å². The predicted octanol–water partition coefficient (Wildman–Crippen LogP) is 2.79. The van der Waals surface area contributed by atoms with Crippen molar-refractivity contribution in [3.05, 3.63) is 0 Å². The molecule has 0 saturated heterocycles. The van der Waals surface area contributed by atoms with Crippen LogP contribution in [0.2, 0.25) is 0 Å². The Hall–Kier alpha value is 0.770. The molecule has 0 fully saturated rings. The molecular formula is C5H10BrCl. The predicted molar refractivity (Wildman–Crippen MR) is 38.3 cm³/mol. The van der Waals surface area contributed by atoms with Crippen LogP contribution >= 0.6 is 27.5 Å². The molecule has 2 heteroatoms. The molecule has 0 aromatic heterocycles. The highest BCUT2D eigenvalue weighted by Crippen LogP contribution is 2.08. The van der Waals surface area contributed by atoms with Crippen LogP contribution in [-0.4, -0.2) is 10.7 Å². The maximum Gasteiger partial charge on any atom is 0.0349 e. The number of alkyl halides is 2. The monoisotopic (exact) mass is 184 g/mol. The third kappa shape index (κ3) is 4.63. The van der Waals surface area contributed by atoms with Crippen molar-refractivity contribution < 1.29 is 0 Å². The van der Waals surface area contributed by atoms with Crippen molar-refractivity contribution in [2.24, 2.45) is 0 Å². The van der Waals surface area contributed by atoms with Crippen LogP contribution < -0.4 is 0 Å². The molecule has 0 spiro atoms. The Balaban J connectivity index is 2.83. The van der Waals surface area contributed by atoms with E-state index in [0.717, 1.165) is 5.88 Å². The highest BCUT2D eigenvalue weighted by Gasteiger charge is 1.96. The van der Waals surface area contributed by atoms with Gasteiger partial charge < -0.3 is 0 Å². The van der Waals surface area contributed by atoms with E-state index >= 15 is 0 Å². The second kappa shape index (κ2) is 4.92. The van der Waals surface area contributed by atoms with Crippen LogP contribution in [0, 0.1) is 0 Å². The van der Waals surface area contributed by atoms with Gasteiger partial charge in [0.25, 0.3) is 0 Å². The van der Waals surface area contributed by atoms with Gasteiger partial charge >= 0.3 is 0 Å². The van der Waals surface area contributed by atoms with E-state index in [-0.39, 0.29) is 0 Å². The Morgan fingerprint density at radius 3 is 2.43 bits per heavy atom. The molecule has 0 aliphatic carbocycles. The largest absolute Gasteiger partial charge is 0.126 e. The Kier molecular flexibility index (Phi) is 5.46. The van der Waals surface area contributed by atoms with E-state index in [1.165, 1.54) is 12.8 Å². The summed E-state index contributed by atoms with van der Waals surface area (Å²) in [5.74, 6) is 0.730. The van der Waals surface area contributed by atoms with Gasteiger partial charge in [-0.25, -0.2) is 0 Å². The molecule has 0 nitrogen and oxygen atoms in total. The van der Waals surface area contributed by atoms with Gasteiger partial charge in [-0.1, -0.05) is 29.3 Å². The first kappa shape index (κ1) is 7.77. The minimum atomic E-state index is 0.527. The number of rotatable bonds is 3. The molecular weight excluding hydrogens is 175 g/mol. The van der Waals surface area contributed by atoms with Crippen molar-refractivity contribution in [2.75, 3.05) is 5.88 Å². The van der Waals surface area contributed by atoms with E-state index in [4.69, 9.17) is 11.6 Å². The van der Waals surface area contributed by atoms with Crippen LogP contribution in [0.3, 0.4) is 0 Å². The van der Waals surface area contributed by atoms with Gasteiger partial charge in [0.2, 0.25) is 0 Å². The molecule has 0 aliphatic heterocycles. The van der Waals surface area contributed by atoms with Crippen molar-refractivity contribution in [3.8, 4) is 0 Å². The lowest BCUT2D eigenvalue weighted by Crippen LogP contribution is -1.96. The summed E-state index contributed by atoms with van der Waals surface area (Å²) in [7, 11) is 0. The molecule has 0 N–H and O–H groups in total. The van der Waals surface area contributed by atoms with Gasteiger partial charge in [-0.2, -0.15) is 0 Å². The molecule has 44 valence electrons. The van der Waals surface area contributed by atoms with Crippen molar-refractivity contribution in [3.63, 3.8) is 0 Å². The van der Waals surface area contributed by atoms with Gasteiger partial charge in [-0.15, -0.1) is 11.6 Å². The first-order valence-corrected chi connectivity index (χ1v) is 3.96. The highest BCUT2D eigenvalue weighted by molar-refractivity contribution is 9.09. The maximum absolute atomic E-state index is 5.48. The van der Waals surface area contributed by atoms with E-state index in [1.54, 1.807) is 0 Å². The first-order chi connectivity index (χ1) is 3.31. The zero-order valence-corrected chi connectivity index (χ0v) is 6.80. The van der Waals surface area contributed by atoms with Crippen molar-refractivity contribution in [2.45, 2.75) is 24.6 Å². The summed E-state index contributed by atoms with van der Waals surface area (Å²) in [5.41, 5.74) is 0. The number of hydrogen-bond donors (Lipinski definition) is 0. The summed E-state index contributed by atoms with van der Waals surface area (Å²) in [6.45, 7) is 2.15. The maximum atomic E-state index is 5.48. The summed E-state index contributed by atoms with van der Waals surface area (Å²) in [4.78, 5) is 0.527. The molecule has 0 bridgehead atoms. The Labute approximate surface area is 58.4 Å². The molecule has 0 rings (SSSR count). The third-order valence-corrected chi connectivity index (χ3v) is 2.30. The summed E-state index contributed by atoms with van der Waals surface area (Å²) < 4.78 is 0. The van der Waals surface area contributed by atoms with E-state index in [2.05, 4.69) is 22.9 Å². The van der Waals surface area contributed by atoms with E-state index in [1.807, 2.05) is 0 Å². The van der Waals surface area contributed by atoms with Crippen LogP contribution in [0.25, 0.3) is 0 Å². The molecule has 1 atom stereocenters. The Bertz CT molecular complexity index is 39.1. The van der Waals surface area contributed by atoms with Crippen LogP contribution in [0.5, 0.6) is 0 Å². The third-order valence-electron chi connectivity index (χ3n) is 0.769. The second-order valence-corrected chi connectivity index (χ2v) is 3.14. The Morgan fingerprint density at radius 2 is 2.29 bits per heavy atom. The second-order valence-electron chi connectivity index (χ2n) is 1.54. The van der Waals surface area contributed by atoms with E-state index in [0.29, 0.717) is 4.83 Å². The van der Waals surface area contributed by atoms with E-state index in [9.17, 15) is 0 Å². The first-order valence-electron chi connectivity index (χ1n) is 2.51. The molecule has 0 radical (unpaired) electrons. The summed E-state index contributed by atoms with van der Waals surface area (Å²) in [5, 5.41) is 0. The van der Waals surface area contributed by atoms with Crippen LogP contribution in [0.4, 0.5) is 0 Å².